The van der Waals surface area contributed by atoms with Crippen LogP contribution in [-0.4, -0.2) is 28.6 Å². The van der Waals surface area contributed by atoms with E-state index < -0.39 is 6.04 Å². The van der Waals surface area contributed by atoms with Gasteiger partial charge in [-0.25, -0.2) is 0 Å². The molecule has 6 nitrogen and oxygen atoms in total. The summed E-state index contributed by atoms with van der Waals surface area (Å²) in [6.07, 6.45) is 5.11. The molecule has 164 valence electrons. The SMILES string of the molecule is Cc1c(C(=O)NC(CCC2CC2)C(=O)Nc2ccccc2)[nH]c2c1C(=O)CC(C)(C)C2. The lowest BCUT2D eigenvalue weighted by atomic mass is 9.75. The highest BCUT2D eigenvalue weighted by atomic mass is 16.2. The van der Waals surface area contributed by atoms with Gasteiger partial charge >= 0.3 is 0 Å². The van der Waals surface area contributed by atoms with Gasteiger partial charge in [0.2, 0.25) is 5.91 Å². The number of Topliss-reactive ketones (excluding diaryl/α,β-unsaturated/α-hetero) is 1. The Bertz CT molecular complexity index is 1000. The van der Waals surface area contributed by atoms with Crippen LogP contribution in [0.1, 0.15) is 78.1 Å². The summed E-state index contributed by atoms with van der Waals surface area (Å²) in [6.45, 7) is 5.93. The van der Waals surface area contributed by atoms with Crippen molar-refractivity contribution in [3.05, 3.63) is 52.8 Å². The highest BCUT2D eigenvalue weighted by Gasteiger charge is 2.36. The fourth-order valence-corrected chi connectivity index (χ4v) is 4.52. The van der Waals surface area contributed by atoms with Crippen LogP contribution >= 0.6 is 0 Å². The fourth-order valence-electron chi connectivity index (χ4n) is 4.52. The molecule has 1 atom stereocenters. The minimum atomic E-state index is -0.625. The van der Waals surface area contributed by atoms with E-state index >= 15 is 0 Å². The summed E-state index contributed by atoms with van der Waals surface area (Å²) in [7, 11) is 0. The van der Waals surface area contributed by atoms with Crippen LogP contribution < -0.4 is 10.6 Å². The van der Waals surface area contributed by atoms with E-state index in [4.69, 9.17) is 0 Å². The number of anilines is 1. The standard InChI is InChI=1S/C25H31N3O3/c1-15-21-19(13-25(2,3)14-20(21)29)27-22(15)24(31)28-18(12-11-16-9-10-16)23(30)26-17-7-5-4-6-8-17/h4-8,16,18,27H,9-14H2,1-3H3,(H,26,30)(H,28,31). The number of carbonyl (C=O) groups is 3. The number of para-hydroxylation sites is 1. The third kappa shape index (κ3) is 4.89. The molecule has 0 spiro atoms. The predicted octanol–water partition coefficient (Wildman–Crippen LogP) is 4.41. The lowest BCUT2D eigenvalue weighted by Gasteiger charge is -2.28. The molecule has 1 saturated carbocycles. The van der Waals surface area contributed by atoms with Crippen molar-refractivity contribution in [2.75, 3.05) is 5.32 Å². The van der Waals surface area contributed by atoms with Gasteiger partial charge in [0.25, 0.3) is 5.91 Å². The van der Waals surface area contributed by atoms with Gasteiger partial charge in [-0.2, -0.15) is 0 Å². The maximum absolute atomic E-state index is 13.1. The molecule has 1 aromatic carbocycles. The first-order chi connectivity index (χ1) is 14.7. The Morgan fingerprint density at radius 2 is 1.87 bits per heavy atom. The Kier molecular flexibility index (Phi) is 5.73. The molecule has 0 saturated heterocycles. The molecule has 0 bridgehead atoms. The van der Waals surface area contributed by atoms with E-state index in [1.54, 1.807) is 0 Å². The summed E-state index contributed by atoms with van der Waals surface area (Å²) < 4.78 is 0. The van der Waals surface area contributed by atoms with Gasteiger partial charge < -0.3 is 15.6 Å². The molecule has 3 N–H and O–H groups in total. The molecule has 1 heterocycles. The van der Waals surface area contributed by atoms with Crippen LogP contribution in [0.4, 0.5) is 5.69 Å². The molecule has 2 aliphatic carbocycles. The molecule has 2 aromatic rings. The van der Waals surface area contributed by atoms with Gasteiger partial charge in [-0.15, -0.1) is 0 Å². The Morgan fingerprint density at radius 3 is 2.55 bits per heavy atom. The van der Waals surface area contributed by atoms with E-state index in [2.05, 4.69) is 29.5 Å². The predicted molar refractivity (Wildman–Crippen MR) is 120 cm³/mol. The molecule has 0 radical (unpaired) electrons. The summed E-state index contributed by atoms with van der Waals surface area (Å²) in [6, 6.07) is 8.64. The summed E-state index contributed by atoms with van der Waals surface area (Å²) in [5.41, 5.74) is 3.12. The Hall–Kier alpha value is -2.89. The van der Waals surface area contributed by atoms with Crippen molar-refractivity contribution in [3.8, 4) is 0 Å². The fraction of sp³-hybridized carbons (Fsp3) is 0.480. The minimum absolute atomic E-state index is 0.0751. The van der Waals surface area contributed by atoms with Crippen LogP contribution in [-0.2, 0) is 11.2 Å². The number of ketones is 1. The lowest BCUT2D eigenvalue weighted by molar-refractivity contribution is -0.118. The number of aromatic amines is 1. The van der Waals surface area contributed by atoms with Crippen molar-refractivity contribution < 1.29 is 14.4 Å². The molecular formula is C25H31N3O3. The van der Waals surface area contributed by atoms with Crippen LogP contribution in [0.15, 0.2) is 30.3 Å². The number of benzene rings is 1. The number of hydrogen-bond donors (Lipinski definition) is 3. The van der Waals surface area contributed by atoms with E-state index in [0.717, 1.165) is 18.5 Å². The highest BCUT2D eigenvalue weighted by Crippen LogP contribution is 2.37. The van der Waals surface area contributed by atoms with Crippen molar-refractivity contribution in [2.24, 2.45) is 11.3 Å². The summed E-state index contributed by atoms with van der Waals surface area (Å²) in [5.74, 6) is 0.183. The van der Waals surface area contributed by atoms with Crippen molar-refractivity contribution >= 4 is 23.3 Å². The highest BCUT2D eigenvalue weighted by molar-refractivity contribution is 6.06. The molecule has 1 aromatic heterocycles. The second-order valence-electron chi connectivity index (χ2n) is 9.82. The Labute approximate surface area is 183 Å². The van der Waals surface area contributed by atoms with Crippen molar-refractivity contribution in [3.63, 3.8) is 0 Å². The Morgan fingerprint density at radius 1 is 1.16 bits per heavy atom. The molecule has 0 aliphatic heterocycles. The van der Waals surface area contributed by atoms with E-state index in [1.165, 1.54) is 12.8 Å². The van der Waals surface area contributed by atoms with Crippen LogP contribution in [0.25, 0.3) is 0 Å². The van der Waals surface area contributed by atoms with Crippen molar-refractivity contribution in [1.29, 1.82) is 0 Å². The number of aromatic nitrogens is 1. The van der Waals surface area contributed by atoms with E-state index in [-0.39, 0.29) is 23.0 Å². The second kappa shape index (κ2) is 8.33. The third-order valence-electron chi connectivity index (χ3n) is 6.35. The van der Waals surface area contributed by atoms with Crippen LogP contribution in [0.5, 0.6) is 0 Å². The number of amides is 2. The first kappa shape index (κ1) is 21.3. The van der Waals surface area contributed by atoms with Gasteiger partial charge in [-0.1, -0.05) is 44.9 Å². The zero-order valence-corrected chi connectivity index (χ0v) is 18.5. The molecular weight excluding hydrogens is 390 g/mol. The third-order valence-corrected chi connectivity index (χ3v) is 6.35. The minimum Gasteiger partial charge on any atom is -0.354 e. The number of H-pyrrole nitrogens is 1. The second-order valence-corrected chi connectivity index (χ2v) is 9.82. The molecule has 6 heteroatoms. The summed E-state index contributed by atoms with van der Waals surface area (Å²) >= 11 is 0. The van der Waals surface area contributed by atoms with Gasteiger partial charge in [-0.05, 0) is 55.2 Å². The number of fused-ring (bicyclic) bond motifs is 1. The summed E-state index contributed by atoms with van der Waals surface area (Å²) in [4.78, 5) is 41.9. The van der Waals surface area contributed by atoms with Gasteiger partial charge in [0.1, 0.15) is 11.7 Å². The summed E-state index contributed by atoms with van der Waals surface area (Å²) in [5, 5.41) is 5.83. The zero-order chi connectivity index (χ0) is 22.2. The van der Waals surface area contributed by atoms with Crippen LogP contribution in [0.2, 0.25) is 0 Å². The zero-order valence-electron chi connectivity index (χ0n) is 18.5. The topological polar surface area (TPSA) is 91.1 Å². The number of rotatable bonds is 7. The van der Waals surface area contributed by atoms with Gasteiger partial charge in [0, 0.05) is 23.4 Å². The smallest absolute Gasteiger partial charge is 0.268 e. The molecule has 2 amide bonds. The average molecular weight is 422 g/mol. The van der Waals surface area contributed by atoms with Gasteiger partial charge in [0.05, 0.1) is 0 Å². The molecule has 31 heavy (non-hydrogen) atoms. The first-order valence-electron chi connectivity index (χ1n) is 11.1. The molecule has 1 unspecified atom stereocenters. The molecule has 2 aliphatic rings. The maximum Gasteiger partial charge on any atom is 0.268 e. The quantitative estimate of drug-likeness (QED) is 0.619. The Balaban J connectivity index is 1.52. The normalized spacial score (nSPS) is 18.2. The van der Waals surface area contributed by atoms with Gasteiger partial charge in [0.15, 0.2) is 5.78 Å². The first-order valence-corrected chi connectivity index (χ1v) is 11.1. The number of nitrogens with one attached hydrogen (secondary N) is 3. The number of carbonyl (C=O) groups excluding carboxylic acids is 3. The molecule has 1 fully saturated rings. The average Bonchev–Trinajstić information content (AvgIpc) is 3.47. The monoisotopic (exact) mass is 421 g/mol. The van der Waals surface area contributed by atoms with E-state index in [9.17, 15) is 14.4 Å². The van der Waals surface area contributed by atoms with Gasteiger partial charge in [-0.3, -0.25) is 14.4 Å². The van der Waals surface area contributed by atoms with Crippen LogP contribution in [0, 0.1) is 18.3 Å². The lowest BCUT2D eigenvalue weighted by Crippen LogP contribution is -2.44. The van der Waals surface area contributed by atoms with E-state index in [1.807, 2.05) is 37.3 Å². The largest absolute Gasteiger partial charge is 0.354 e. The van der Waals surface area contributed by atoms with E-state index in [0.29, 0.717) is 41.3 Å². The van der Waals surface area contributed by atoms with Crippen LogP contribution in [0.3, 0.4) is 0 Å². The maximum atomic E-state index is 13.1. The number of hydrogen-bond acceptors (Lipinski definition) is 3. The van der Waals surface area contributed by atoms with Crippen molar-refractivity contribution in [1.82, 2.24) is 10.3 Å². The molecule has 4 rings (SSSR count). The van der Waals surface area contributed by atoms with Crippen molar-refractivity contribution in [2.45, 2.75) is 65.3 Å².